The van der Waals surface area contributed by atoms with Gasteiger partial charge in [0.05, 0.1) is 6.10 Å². The van der Waals surface area contributed by atoms with Gasteiger partial charge in [-0.1, -0.05) is 24.3 Å². The van der Waals surface area contributed by atoms with Crippen molar-refractivity contribution in [3.05, 3.63) is 54.1 Å². The molecule has 0 radical (unpaired) electrons. The molecule has 0 bridgehead atoms. The van der Waals surface area contributed by atoms with E-state index in [1.165, 1.54) is 11.3 Å². The van der Waals surface area contributed by atoms with Crippen LogP contribution in [0.15, 0.2) is 48.5 Å². The number of carbonyl (C=O) groups excluding carboxylic acids is 1. The summed E-state index contributed by atoms with van der Waals surface area (Å²) in [5.41, 5.74) is 4.48. The Morgan fingerprint density at radius 2 is 1.76 bits per heavy atom. The lowest BCUT2D eigenvalue weighted by molar-refractivity contribution is -0.116. The van der Waals surface area contributed by atoms with E-state index in [-0.39, 0.29) is 18.3 Å². The minimum Gasteiger partial charge on any atom is -0.390 e. The number of anilines is 3. The van der Waals surface area contributed by atoms with Crippen molar-refractivity contribution in [3.8, 4) is 0 Å². The highest BCUT2D eigenvalue weighted by molar-refractivity contribution is 5.95. The minimum atomic E-state index is -0.397. The van der Waals surface area contributed by atoms with Crippen LogP contribution in [0.3, 0.4) is 0 Å². The Bertz CT molecular complexity index is 810. The predicted octanol–water partition coefficient (Wildman–Crippen LogP) is 2.59. The number of hydrogen-bond donors (Lipinski definition) is 3. The molecule has 29 heavy (non-hydrogen) atoms. The molecule has 7 heteroatoms. The summed E-state index contributed by atoms with van der Waals surface area (Å²) in [6.45, 7) is 4.95. The Morgan fingerprint density at radius 3 is 2.52 bits per heavy atom. The van der Waals surface area contributed by atoms with Gasteiger partial charge in [0.1, 0.15) is 0 Å². The van der Waals surface area contributed by atoms with Crippen molar-refractivity contribution in [2.24, 2.45) is 0 Å². The number of carbonyl (C=O) groups is 1. The van der Waals surface area contributed by atoms with Gasteiger partial charge in [-0.05, 0) is 36.2 Å². The number of rotatable bonds is 6. The van der Waals surface area contributed by atoms with Crippen LogP contribution in [0.5, 0.6) is 0 Å². The number of piperazine rings is 1. The second kappa shape index (κ2) is 9.96. The molecule has 2 aliphatic rings. The first-order chi connectivity index (χ1) is 13.7. The third-order valence-electron chi connectivity index (χ3n) is 5.52. The maximum Gasteiger partial charge on any atom is 0.224 e. The number of halogens is 1. The quantitative estimate of drug-likeness (QED) is 0.675. The Morgan fingerprint density at radius 1 is 1.00 bits per heavy atom. The maximum absolute atomic E-state index is 11.6. The largest absolute Gasteiger partial charge is 0.390 e. The van der Waals surface area contributed by atoms with Crippen LogP contribution < -0.4 is 15.5 Å². The Kier molecular flexibility index (Phi) is 7.36. The Hall–Kier alpha value is -2.28. The molecule has 2 aromatic carbocycles. The molecule has 1 fully saturated rings. The normalized spacial score (nSPS) is 17.7. The van der Waals surface area contributed by atoms with Gasteiger partial charge in [0.25, 0.3) is 0 Å². The summed E-state index contributed by atoms with van der Waals surface area (Å²) in [4.78, 5) is 16.4. The molecule has 6 nitrogen and oxygen atoms in total. The molecular weight excluding hydrogens is 388 g/mol. The first kappa shape index (κ1) is 21.4. The maximum atomic E-state index is 11.6. The fourth-order valence-electron chi connectivity index (χ4n) is 4.03. The third kappa shape index (κ3) is 5.41. The SMILES string of the molecule is Cl.O=C1CCc2c(cccc2N2CCN(CC(O)CNc3ccccc3)CC2)N1. The lowest BCUT2D eigenvalue weighted by Gasteiger charge is -2.38. The molecule has 1 amide bonds. The summed E-state index contributed by atoms with van der Waals surface area (Å²) in [5, 5.41) is 16.6. The zero-order chi connectivity index (χ0) is 19.3. The molecule has 1 unspecified atom stereocenters. The van der Waals surface area contributed by atoms with Crippen LogP contribution in [-0.2, 0) is 11.2 Å². The number of nitrogens with one attached hydrogen (secondary N) is 2. The molecule has 2 aromatic rings. The summed E-state index contributed by atoms with van der Waals surface area (Å²) in [7, 11) is 0. The second-order valence-electron chi connectivity index (χ2n) is 7.54. The van der Waals surface area contributed by atoms with Gasteiger partial charge in [0.2, 0.25) is 5.91 Å². The summed E-state index contributed by atoms with van der Waals surface area (Å²) in [6.07, 6.45) is 0.970. The van der Waals surface area contributed by atoms with E-state index in [0.29, 0.717) is 19.5 Å². The van der Waals surface area contributed by atoms with Crippen LogP contribution in [0, 0.1) is 0 Å². The van der Waals surface area contributed by atoms with Crippen molar-refractivity contribution < 1.29 is 9.90 Å². The molecule has 0 aromatic heterocycles. The van der Waals surface area contributed by atoms with E-state index in [1.54, 1.807) is 0 Å². The van der Waals surface area contributed by atoms with Crippen LogP contribution in [0.4, 0.5) is 17.1 Å². The van der Waals surface area contributed by atoms with E-state index in [0.717, 1.165) is 44.0 Å². The molecular formula is C22H29ClN4O2. The number of amides is 1. The van der Waals surface area contributed by atoms with Crippen molar-refractivity contribution in [1.29, 1.82) is 0 Å². The second-order valence-corrected chi connectivity index (χ2v) is 7.54. The van der Waals surface area contributed by atoms with E-state index < -0.39 is 6.10 Å². The van der Waals surface area contributed by atoms with E-state index in [4.69, 9.17) is 0 Å². The van der Waals surface area contributed by atoms with E-state index in [2.05, 4.69) is 26.5 Å². The first-order valence-electron chi connectivity index (χ1n) is 10.0. The Balaban J connectivity index is 0.00000240. The van der Waals surface area contributed by atoms with Gasteiger partial charge in [0, 0.05) is 62.8 Å². The van der Waals surface area contributed by atoms with Gasteiger partial charge in [-0.3, -0.25) is 9.69 Å². The molecule has 1 atom stereocenters. The molecule has 3 N–H and O–H groups in total. The number of β-amino-alcohol motifs (C(OH)–C–C–N with tert-alkyl or cyclic N) is 1. The van der Waals surface area contributed by atoms with Crippen molar-refractivity contribution in [1.82, 2.24) is 4.90 Å². The highest BCUT2D eigenvalue weighted by atomic mass is 35.5. The van der Waals surface area contributed by atoms with Crippen LogP contribution in [-0.4, -0.2) is 61.3 Å². The number of aliphatic hydroxyl groups excluding tert-OH is 1. The lowest BCUT2D eigenvalue weighted by atomic mass is 10.00. The van der Waals surface area contributed by atoms with E-state index in [9.17, 15) is 9.90 Å². The fourth-order valence-corrected chi connectivity index (χ4v) is 4.03. The number of hydrogen-bond acceptors (Lipinski definition) is 5. The van der Waals surface area contributed by atoms with E-state index >= 15 is 0 Å². The van der Waals surface area contributed by atoms with Gasteiger partial charge in [0.15, 0.2) is 0 Å². The standard InChI is InChI=1S/C22H28N4O2.ClH/c27-18(15-23-17-5-2-1-3-6-17)16-25-11-13-26(14-12-25)21-8-4-7-20-19(21)9-10-22(28)24-20;/h1-8,18,23,27H,9-16H2,(H,24,28);1H. The molecule has 0 spiro atoms. The highest BCUT2D eigenvalue weighted by Gasteiger charge is 2.24. The molecule has 156 valence electrons. The number of nitrogens with zero attached hydrogens (tertiary/aromatic N) is 2. The predicted molar refractivity (Wildman–Crippen MR) is 120 cm³/mol. The summed E-state index contributed by atoms with van der Waals surface area (Å²) in [5.74, 6) is 0.104. The number of fused-ring (bicyclic) bond motifs is 1. The smallest absolute Gasteiger partial charge is 0.224 e. The van der Waals surface area contributed by atoms with Gasteiger partial charge < -0.3 is 20.6 Å². The van der Waals surface area contributed by atoms with Crippen LogP contribution in [0.25, 0.3) is 0 Å². The van der Waals surface area contributed by atoms with Gasteiger partial charge in [-0.2, -0.15) is 0 Å². The van der Waals surface area contributed by atoms with Gasteiger partial charge in [-0.15, -0.1) is 12.4 Å². The average molecular weight is 417 g/mol. The molecule has 2 heterocycles. The molecule has 0 aliphatic carbocycles. The number of para-hydroxylation sites is 1. The molecule has 2 aliphatic heterocycles. The fraction of sp³-hybridized carbons (Fsp3) is 0.409. The number of benzene rings is 2. The minimum absolute atomic E-state index is 0. The van der Waals surface area contributed by atoms with Crippen LogP contribution in [0.2, 0.25) is 0 Å². The van der Waals surface area contributed by atoms with Gasteiger partial charge in [-0.25, -0.2) is 0 Å². The molecule has 4 rings (SSSR count). The molecule has 1 saturated heterocycles. The lowest BCUT2D eigenvalue weighted by Crippen LogP contribution is -2.49. The highest BCUT2D eigenvalue weighted by Crippen LogP contribution is 2.32. The van der Waals surface area contributed by atoms with Crippen LogP contribution >= 0.6 is 12.4 Å². The summed E-state index contributed by atoms with van der Waals surface area (Å²) < 4.78 is 0. The van der Waals surface area contributed by atoms with Crippen molar-refractivity contribution in [2.45, 2.75) is 18.9 Å². The van der Waals surface area contributed by atoms with Gasteiger partial charge >= 0.3 is 0 Å². The van der Waals surface area contributed by atoms with Crippen molar-refractivity contribution in [3.63, 3.8) is 0 Å². The summed E-state index contributed by atoms with van der Waals surface area (Å²) in [6, 6.07) is 16.1. The third-order valence-corrected chi connectivity index (χ3v) is 5.52. The molecule has 0 saturated carbocycles. The van der Waals surface area contributed by atoms with Crippen molar-refractivity contribution in [2.75, 3.05) is 54.8 Å². The zero-order valence-corrected chi connectivity index (χ0v) is 17.3. The number of aliphatic hydroxyl groups is 1. The van der Waals surface area contributed by atoms with Crippen molar-refractivity contribution >= 4 is 35.4 Å². The Labute approximate surface area is 178 Å². The monoisotopic (exact) mass is 416 g/mol. The first-order valence-corrected chi connectivity index (χ1v) is 10.0. The van der Waals surface area contributed by atoms with Crippen LogP contribution in [0.1, 0.15) is 12.0 Å². The van der Waals surface area contributed by atoms with E-state index in [1.807, 2.05) is 42.5 Å². The zero-order valence-electron chi connectivity index (χ0n) is 16.5. The average Bonchev–Trinajstić information content (AvgIpc) is 2.73. The summed E-state index contributed by atoms with van der Waals surface area (Å²) >= 11 is 0. The topological polar surface area (TPSA) is 67.8 Å².